The van der Waals surface area contributed by atoms with Gasteiger partial charge in [0.2, 0.25) is 35.4 Å². The van der Waals surface area contributed by atoms with Gasteiger partial charge in [-0.05, 0) is 30.9 Å². The van der Waals surface area contributed by atoms with E-state index in [-0.39, 0.29) is 11.4 Å². The van der Waals surface area contributed by atoms with E-state index in [0.29, 0.717) is 0 Å². The van der Waals surface area contributed by atoms with Gasteiger partial charge >= 0.3 is 11.9 Å². The molecule has 0 saturated carbocycles. The van der Waals surface area contributed by atoms with Crippen molar-refractivity contribution in [2.45, 2.75) is 84.6 Å². The van der Waals surface area contributed by atoms with Gasteiger partial charge in [0.05, 0.1) is 17.8 Å². The summed E-state index contributed by atoms with van der Waals surface area (Å²) in [5.41, 5.74) is -0.174. The third-order valence-corrected chi connectivity index (χ3v) is 6.68. The summed E-state index contributed by atoms with van der Waals surface area (Å²) in [5.74, 6) is -9.17. The molecule has 19 nitrogen and oxygen atoms in total. The zero-order chi connectivity index (χ0) is 36.9. The minimum Gasteiger partial charge on any atom is -0.481 e. The van der Waals surface area contributed by atoms with E-state index in [0.717, 1.165) is 12.1 Å². The molecular formula is C29H41N7O12. The van der Waals surface area contributed by atoms with Crippen LogP contribution in [0, 0.1) is 22.0 Å². The number of non-ortho nitro benzene ring substituents is 1. The molecule has 8 N–H and O–H groups in total. The minimum absolute atomic E-state index is 0.0827. The Morgan fingerprint density at radius 2 is 1.08 bits per heavy atom. The number of nitrogens with zero attached hydrogens (tertiary/aromatic N) is 1. The number of carboxylic acids is 2. The molecule has 0 aromatic heterocycles. The Kier molecular flexibility index (Phi) is 15.6. The van der Waals surface area contributed by atoms with E-state index in [1.165, 1.54) is 39.8 Å². The number of carbonyl (C=O) groups is 8. The number of carboxylic acid groups (broad SMARTS) is 2. The lowest BCUT2D eigenvalue weighted by Gasteiger charge is -2.28. The van der Waals surface area contributed by atoms with Gasteiger partial charge in [-0.15, -0.1) is 0 Å². The maximum absolute atomic E-state index is 13.2. The smallest absolute Gasteiger partial charge is 0.305 e. The van der Waals surface area contributed by atoms with Crippen molar-refractivity contribution < 1.29 is 53.5 Å². The number of hydrogen-bond acceptors (Lipinski definition) is 10. The maximum atomic E-state index is 13.2. The molecule has 0 aliphatic carbocycles. The lowest BCUT2D eigenvalue weighted by molar-refractivity contribution is -0.384. The molecule has 1 aromatic rings. The number of nitro groups is 1. The molecule has 6 amide bonds. The van der Waals surface area contributed by atoms with Gasteiger partial charge in [-0.2, -0.15) is 0 Å². The zero-order valence-corrected chi connectivity index (χ0v) is 27.2. The summed E-state index contributed by atoms with van der Waals surface area (Å²) in [6, 6.07) is -2.47. The number of hydrogen-bond donors (Lipinski definition) is 8. The third kappa shape index (κ3) is 13.4. The molecule has 1 aromatic carbocycles. The zero-order valence-electron chi connectivity index (χ0n) is 27.2. The van der Waals surface area contributed by atoms with E-state index in [2.05, 4.69) is 31.9 Å². The number of rotatable bonds is 18. The van der Waals surface area contributed by atoms with Crippen LogP contribution in [0.1, 0.15) is 54.4 Å². The van der Waals surface area contributed by atoms with Crippen LogP contribution in [-0.2, 0) is 38.4 Å². The number of nitrogens with one attached hydrogen (secondary N) is 6. The summed E-state index contributed by atoms with van der Waals surface area (Å²) < 4.78 is 0. The van der Waals surface area contributed by atoms with Crippen molar-refractivity contribution in [1.29, 1.82) is 0 Å². The van der Waals surface area contributed by atoms with Gasteiger partial charge in [0, 0.05) is 24.7 Å². The molecule has 5 atom stereocenters. The Hall–Kier alpha value is -5.62. The highest BCUT2D eigenvalue weighted by Crippen LogP contribution is 2.16. The largest absolute Gasteiger partial charge is 0.481 e. The fraction of sp³-hybridized carbons (Fsp3) is 0.517. The van der Waals surface area contributed by atoms with E-state index in [9.17, 15) is 58.7 Å². The van der Waals surface area contributed by atoms with Crippen molar-refractivity contribution in [3.8, 4) is 0 Å². The number of nitro benzene ring substituents is 1. The number of amides is 6. The molecule has 264 valence electrons. The molecule has 19 heteroatoms. The molecule has 1 rings (SSSR count). The van der Waals surface area contributed by atoms with Crippen molar-refractivity contribution in [2.75, 3.05) is 5.32 Å². The lowest BCUT2D eigenvalue weighted by atomic mass is 10.0. The molecule has 0 bridgehead atoms. The van der Waals surface area contributed by atoms with Crippen molar-refractivity contribution in [3.05, 3.63) is 34.4 Å². The first kappa shape index (κ1) is 40.4. The molecule has 48 heavy (non-hydrogen) atoms. The Balaban J connectivity index is 3.03. The lowest BCUT2D eigenvalue weighted by Crippen LogP contribution is -2.60. The van der Waals surface area contributed by atoms with E-state index >= 15 is 0 Å². The first-order chi connectivity index (χ1) is 22.2. The van der Waals surface area contributed by atoms with Gasteiger partial charge < -0.3 is 42.1 Å². The number of anilines is 1. The maximum Gasteiger partial charge on any atom is 0.305 e. The number of benzene rings is 1. The molecule has 0 heterocycles. The average Bonchev–Trinajstić information content (AvgIpc) is 2.96. The predicted octanol–water partition coefficient (Wildman–Crippen LogP) is -0.741. The first-order valence-corrected chi connectivity index (χ1v) is 14.7. The molecule has 0 radical (unpaired) electrons. The highest BCUT2D eigenvalue weighted by Gasteiger charge is 2.34. The van der Waals surface area contributed by atoms with Gasteiger partial charge in [-0.25, -0.2) is 0 Å². The Labute approximate surface area is 275 Å². The SMILES string of the molecule is CC(=O)N[C@H](C(=O)N[C@H](CC(=O)O)C(=O)N[C@H](C(=O)N[C@H](C)C(=O)N[C@@H](CC(=O)O)C(=O)Nc1ccc([N+](=O)[O-])cc1)C(C)C)C(C)C. The van der Waals surface area contributed by atoms with Crippen LogP contribution in [0.2, 0.25) is 0 Å². The summed E-state index contributed by atoms with van der Waals surface area (Å²) in [7, 11) is 0. The number of carbonyl (C=O) groups excluding carboxylic acids is 6. The summed E-state index contributed by atoms with van der Waals surface area (Å²) >= 11 is 0. The van der Waals surface area contributed by atoms with Crippen LogP contribution in [-0.4, -0.2) is 92.7 Å². The topological polar surface area (TPSA) is 292 Å². The van der Waals surface area contributed by atoms with E-state index in [1.54, 1.807) is 13.8 Å². The van der Waals surface area contributed by atoms with Gasteiger partial charge in [-0.1, -0.05) is 27.7 Å². The van der Waals surface area contributed by atoms with Crippen LogP contribution < -0.4 is 31.9 Å². The van der Waals surface area contributed by atoms with Crippen LogP contribution in [0.25, 0.3) is 0 Å². The van der Waals surface area contributed by atoms with Crippen LogP contribution in [0.15, 0.2) is 24.3 Å². The Morgan fingerprint density at radius 3 is 1.52 bits per heavy atom. The summed E-state index contributed by atoms with van der Waals surface area (Å²) in [5, 5.41) is 43.4. The van der Waals surface area contributed by atoms with Crippen LogP contribution in [0.4, 0.5) is 11.4 Å². The van der Waals surface area contributed by atoms with E-state index in [4.69, 9.17) is 0 Å². The van der Waals surface area contributed by atoms with Crippen molar-refractivity contribution in [1.82, 2.24) is 26.6 Å². The van der Waals surface area contributed by atoms with E-state index in [1.807, 2.05) is 0 Å². The van der Waals surface area contributed by atoms with Gasteiger partial charge in [-0.3, -0.25) is 48.5 Å². The molecule has 0 aliphatic heterocycles. The van der Waals surface area contributed by atoms with Crippen LogP contribution >= 0.6 is 0 Å². The highest BCUT2D eigenvalue weighted by molar-refractivity contribution is 6.01. The van der Waals surface area contributed by atoms with Gasteiger partial charge in [0.25, 0.3) is 5.69 Å². The summed E-state index contributed by atoms with van der Waals surface area (Å²) in [4.78, 5) is 109. The van der Waals surface area contributed by atoms with Crippen molar-refractivity contribution >= 4 is 58.8 Å². The molecule has 0 aliphatic rings. The van der Waals surface area contributed by atoms with Crippen molar-refractivity contribution in [2.24, 2.45) is 11.8 Å². The average molecular weight is 680 g/mol. The standard InChI is InChI=1S/C29H41N7O12/c1-13(2)23(31-16(6)37)29(46)34-20(12-22(40)41)27(44)35-24(14(3)4)28(45)30-15(5)25(42)33-19(11-21(38)39)26(43)32-17-7-9-18(10-8-17)36(47)48/h7-10,13-15,19-20,23-24H,11-12H2,1-6H3,(H,30,45)(H,31,37)(H,32,43)(H,33,42)(H,34,46)(H,35,44)(H,38,39)(H,40,41)/t15-,19+,20-,23+,24+/m1/s1. The fourth-order valence-corrected chi connectivity index (χ4v) is 4.13. The third-order valence-electron chi connectivity index (χ3n) is 6.68. The Bertz CT molecular complexity index is 1400. The highest BCUT2D eigenvalue weighted by atomic mass is 16.6. The number of aliphatic carboxylic acids is 2. The second kappa shape index (κ2) is 18.5. The van der Waals surface area contributed by atoms with E-state index < -0.39 is 107 Å². The quantitative estimate of drug-likeness (QED) is 0.0703. The molecule has 0 spiro atoms. The molecule has 0 fully saturated rings. The minimum atomic E-state index is -1.65. The van der Waals surface area contributed by atoms with Crippen LogP contribution in [0.5, 0.6) is 0 Å². The van der Waals surface area contributed by atoms with Crippen molar-refractivity contribution in [3.63, 3.8) is 0 Å². The van der Waals surface area contributed by atoms with Crippen LogP contribution in [0.3, 0.4) is 0 Å². The summed E-state index contributed by atoms with van der Waals surface area (Å²) in [6.07, 6.45) is -1.72. The monoisotopic (exact) mass is 679 g/mol. The molecular weight excluding hydrogens is 638 g/mol. The second-order valence-corrected chi connectivity index (χ2v) is 11.5. The fourth-order valence-electron chi connectivity index (χ4n) is 4.13. The van der Waals surface area contributed by atoms with Gasteiger partial charge in [0.1, 0.15) is 30.2 Å². The van der Waals surface area contributed by atoms with Gasteiger partial charge in [0.15, 0.2) is 0 Å². The normalized spacial score (nSPS) is 13.9. The first-order valence-electron chi connectivity index (χ1n) is 14.7. The molecule has 0 unspecified atom stereocenters. The Morgan fingerprint density at radius 1 is 0.646 bits per heavy atom. The second-order valence-electron chi connectivity index (χ2n) is 11.5. The summed E-state index contributed by atoms with van der Waals surface area (Å²) in [6.45, 7) is 8.73. The molecule has 0 saturated heterocycles. The predicted molar refractivity (Wildman–Crippen MR) is 167 cm³/mol.